The lowest BCUT2D eigenvalue weighted by molar-refractivity contribution is -0.368. The van der Waals surface area contributed by atoms with E-state index in [1.54, 1.807) is 11.8 Å². The molecule has 0 saturated carbocycles. The summed E-state index contributed by atoms with van der Waals surface area (Å²) < 4.78 is 5.54. The lowest BCUT2D eigenvalue weighted by atomic mass is 10.2. The molecule has 2 rings (SSSR count). The molecule has 5 heteroatoms. The lowest BCUT2D eigenvalue weighted by Crippen LogP contribution is -2.50. The molecule has 0 radical (unpaired) electrons. The number of hydrogen-bond acceptors (Lipinski definition) is 4. The Hall–Kier alpha value is -1.33. The number of hydrogen-bond donors (Lipinski definition) is 1. The molecule has 1 heterocycles. The van der Waals surface area contributed by atoms with E-state index in [0.29, 0.717) is 11.1 Å². The second-order valence-electron chi connectivity index (χ2n) is 4.19. The fourth-order valence-corrected chi connectivity index (χ4v) is 2.24. The van der Waals surface area contributed by atoms with Crippen molar-refractivity contribution in [2.75, 3.05) is 6.54 Å². The molecule has 0 aliphatic rings. The van der Waals surface area contributed by atoms with E-state index in [2.05, 4.69) is 47.1 Å². The number of nitrogens with zero attached hydrogens (tertiary/aromatic N) is 2. The molecule has 0 spiro atoms. The second kappa shape index (κ2) is 6.56. The van der Waals surface area contributed by atoms with E-state index >= 15 is 0 Å². The van der Waals surface area contributed by atoms with Gasteiger partial charge in [-0.2, -0.15) is 0 Å². The van der Waals surface area contributed by atoms with Crippen LogP contribution in [0.3, 0.4) is 0 Å². The normalized spacial score (nSPS) is 10.8. The summed E-state index contributed by atoms with van der Waals surface area (Å²) in [6, 6.07) is 8.48. The number of aryl methyl sites for hydroxylation is 2. The van der Waals surface area contributed by atoms with Gasteiger partial charge in [0.1, 0.15) is 0 Å². The molecular weight excluding hydrogens is 246 g/mol. The van der Waals surface area contributed by atoms with Gasteiger partial charge in [-0.05, 0) is 12.5 Å². The Morgan fingerprint density at radius 2 is 2.00 bits per heavy atom. The van der Waals surface area contributed by atoms with Crippen LogP contribution in [0.1, 0.15) is 23.4 Å². The van der Waals surface area contributed by atoms with E-state index in [4.69, 9.17) is 4.42 Å². The summed E-state index contributed by atoms with van der Waals surface area (Å²) in [4.78, 5) is 0. The number of quaternary nitrogens is 1. The third kappa shape index (κ3) is 3.85. The first-order valence-corrected chi connectivity index (χ1v) is 7.06. The molecular formula is C13H18N3OS+. The van der Waals surface area contributed by atoms with E-state index < -0.39 is 0 Å². The molecule has 2 aromatic rings. The van der Waals surface area contributed by atoms with Crippen molar-refractivity contribution >= 4 is 11.8 Å². The van der Waals surface area contributed by atoms with Gasteiger partial charge in [0.15, 0.2) is 0 Å². The lowest BCUT2D eigenvalue weighted by Gasteiger charge is -1.98. The molecule has 4 nitrogen and oxygen atoms in total. The first-order valence-electron chi connectivity index (χ1n) is 6.08. The van der Waals surface area contributed by atoms with Gasteiger partial charge in [0.25, 0.3) is 5.22 Å². The van der Waals surface area contributed by atoms with Gasteiger partial charge in [-0.3, -0.25) is 0 Å². The number of rotatable bonds is 6. The summed E-state index contributed by atoms with van der Waals surface area (Å²) in [7, 11) is 0. The second-order valence-corrected chi connectivity index (χ2v) is 5.12. The van der Waals surface area contributed by atoms with Crippen LogP contribution in [0.25, 0.3) is 0 Å². The fraction of sp³-hybridized carbons (Fsp3) is 0.385. The average Bonchev–Trinajstić information content (AvgIpc) is 2.84. The summed E-state index contributed by atoms with van der Waals surface area (Å²) in [5, 5.41) is 8.69. The van der Waals surface area contributed by atoms with Gasteiger partial charge >= 0.3 is 0 Å². The largest absolute Gasteiger partial charge is 0.416 e. The topological polar surface area (TPSA) is 66.6 Å². The van der Waals surface area contributed by atoms with E-state index in [9.17, 15) is 0 Å². The fourth-order valence-electron chi connectivity index (χ4n) is 1.50. The monoisotopic (exact) mass is 264 g/mol. The maximum absolute atomic E-state index is 5.54. The van der Waals surface area contributed by atoms with E-state index in [0.717, 1.165) is 25.1 Å². The molecule has 0 atom stereocenters. The highest BCUT2D eigenvalue weighted by atomic mass is 32.2. The van der Waals surface area contributed by atoms with Crippen molar-refractivity contribution in [2.24, 2.45) is 0 Å². The first kappa shape index (κ1) is 13.1. The Kier molecular flexibility index (Phi) is 4.78. The predicted molar refractivity (Wildman–Crippen MR) is 71.1 cm³/mol. The highest BCUT2D eigenvalue weighted by Crippen LogP contribution is 2.21. The third-order valence-corrected chi connectivity index (χ3v) is 3.46. The standard InChI is InChI=1S/C13H17N3OS/c1-10-4-6-11(7-5-10)9-18-13-16-15-12(17-13)3-2-8-14/h4-7H,2-3,8-9,14H2,1H3/p+1. The SMILES string of the molecule is Cc1ccc(CSc2nnc(CCC[NH3+])o2)cc1. The minimum Gasteiger partial charge on any atom is -0.416 e. The highest BCUT2D eigenvalue weighted by Gasteiger charge is 2.06. The zero-order chi connectivity index (χ0) is 12.8. The maximum atomic E-state index is 5.54. The number of benzene rings is 1. The van der Waals surface area contributed by atoms with Gasteiger partial charge in [0.2, 0.25) is 5.89 Å². The zero-order valence-corrected chi connectivity index (χ0v) is 11.4. The minimum absolute atomic E-state index is 0.648. The van der Waals surface area contributed by atoms with Crippen molar-refractivity contribution in [3.63, 3.8) is 0 Å². The van der Waals surface area contributed by atoms with Crippen LogP contribution in [0.15, 0.2) is 33.9 Å². The Morgan fingerprint density at radius 3 is 2.72 bits per heavy atom. The minimum atomic E-state index is 0.648. The van der Waals surface area contributed by atoms with Crippen LogP contribution >= 0.6 is 11.8 Å². The Labute approximate surface area is 111 Å². The predicted octanol–water partition coefficient (Wildman–Crippen LogP) is 1.84. The first-order chi connectivity index (χ1) is 8.78. The van der Waals surface area contributed by atoms with Crippen LogP contribution in [0.5, 0.6) is 0 Å². The summed E-state index contributed by atoms with van der Waals surface area (Å²) in [5.41, 5.74) is 6.34. The molecule has 0 saturated heterocycles. The van der Waals surface area contributed by atoms with Crippen LogP contribution in [0.2, 0.25) is 0 Å². The molecule has 0 aliphatic heterocycles. The van der Waals surface area contributed by atoms with Gasteiger partial charge in [0, 0.05) is 18.6 Å². The molecule has 0 bridgehead atoms. The van der Waals surface area contributed by atoms with Gasteiger partial charge in [0.05, 0.1) is 6.54 Å². The van der Waals surface area contributed by atoms with E-state index in [1.807, 2.05) is 0 Å². The Morgan fingerprint density at radius 1 is 1.22 bits per heavy atom. The molecule has 1 aromatic heterocycles. The van der Waals surface area contributed by atoms with Crippen LogP contribution in [0.4, 0.5) is 0 Å². The average molecular weight is 264 g/mol. The summed E-state index contributed by atoms with van der Waals surface area (Å²) >= 11 is 1.58. The summed E-state index contributed by atoms with van der Waals surface area (Å²) in [6.07, 6.45) is 1.81. The van der Waals surface area contributed by atoms with Crippen molar-refractivity contribution < 1.29 is 10.2 Å². The molecule has 18 heavy (non-hydrogen) atoms. The van der Waals surface area contributed by atoms with E-state index in [1.165, 1.54) is 11.1 Å². The third-order valence-electron chi connectivity index (χ3n) is 2.57. The van der Waals surface area contributed by atoms with Gasteiger partial charge < -0.3 is 10.2 Å². The maximum Gasteiger partial charge on any atom is 0.276 e. The molecule has 0 aliphatic carbocycles. The zero-order valence-electron chi connectivity index (χ0n) is 10.6. The highest BCUT2D eigenvalue weighted by molar-refractivity contribution is 7.98. The van der Waals surface area contributed by atoms with Crippen molar-refractivity contribution in [1.29, 1.82) is 0 Å². The molecule has 1 aromatic carbocycles. The molecule has 3 N–H and O–H groups in total. The Bertz CT molecular complexity index is 481. The molecule has 96 valence electrons. The van der Waals surface area contributed by atoms with Gasteiger partial charge in [-0.15, -0.1) is 10.2 Å². The van der Waals surface area contributed by atoms with Crippen molar-refractivity contribution in [3.8, 4) is 0 Å². The summed E-state index contributed by atoms with van der Waals surface area (Å²) in [6.45, 7) is 2.98. The smallest absolute Gasteiger partial charge is 0.276 e. The van der Waals surface area contributed by atoms with Crippen molar-refractivity contribution in [1.82, 2.24) is 10.2 Å². The number of thioether (sulfide) groups is 1. The van der Waals surface area contributed by atoms with Gasteiger partial charge in [-0.25, -0.2) is 0 Å². The molecule has 0 amide bonds. The number of aromatic nitrogens is 2. The van der Waals surface area contributed by atoms with Crippen LogP contribution < -0.4 is 5.73 Å². The van der Waals surface area contributed by atoms with Gasteiger partial charge in [-0.1, -0.05) is 41.6 Å². The van der Waals surface area contributed by atoms with Crippen molar-refractivity contribution in [2.45, 2.75) is 30.7 Å². The van der Waals surface area contributed by atoms with E-state index in [-0.39, 0.29) is 0 Å². The van der Waals surface area contributed by atoms with Crippen LogP contribution in [0, 0.1) is 6.92 Å². The Balaban J connectivity index is 1.86. The quantitative estimate of drug-likeness (QED) is 0.809. The summed E-state index contributed by atoms with van der Waals surface area (Å²) in [5.74, 6) is 1.57. The van der Waals surface area contributed by atoms with Crippen LogP contribution in [-0.2, 0) is 12.2 Å². The van der Waals surface area contributed by atoms with Crippen LogP contribution in [-0.4, -0.2) is 16.7 Å². The molecule has 0 unspecified atom stereocenters. The van der Waals surface area contributed by atoms with Crippen molar-refractivity contribution in [3.05, 3.63) is 41.3 Å². The molecule has 0 fully saturated rings.